The van der Waals surface area contributed by atoms with Crippen LogP contribution < -0.4 is 4.90 Å². The van der Waals surface area contributed by atoms with Gasteiger partial charge in [-0.3, -0.25) is 4.90 Å². The van der Waals surface area contributed by atoms with Gasteiger partial charge in [-0.05, 0) is 6.07 Å². The van der Waals surface area contributed by atoms with Crippen molar-refractivity contribution >= 4 is 29.0 Å². The highest BCUT2D eigenvalue weighted by Crippen LogP contribution is 2.37. The van der Waals surface area contributed by atoms with Crippen molar-refractivity contribution in [3.63, 3.8) is 0 Å². The third-order valence-corrected chi connectivity index (χ3v) is 3.96. The van der Waals surface area contributed by atoms with Crippen molar-refractivity contribution in [3.8, 4) is 6.07 Å². The van der Waals surface area contributed by atoms with Crippen LogP contribution in [0.25, 0.3) is 0 Å². The predicted octanol–water partition coefficient (Wildman–Crippen LogP) is 3.44. The minimum Gasteiger partial charge on any atom is -0.353 e. The first-order valence-corrected chi connectivity index (χ1v) is 7.36. The molecule has 0 bridgehead atoms. The Morgan fingerprint density at radius 2 is 1.82 bits per heavy atom. The highest BCUT2D eigenvalue weighted by Gasteiger charge is 2.37. The molecule has 0 aromatic carbocycles. The van der Waals surface area contributed by atoms with Crippen LogP contribution in [-0.2, 0) is 6.18 Å². The van der Waals surface area contributed by atoms with Gasteiger partial charge in [0.1, 0.15) is 5.82 Å². The maximum absolute atomic E-state index is 12.9. The molecule has 120 valence electrons. The van der Waals surface area contributed by atoms with Crippen LogP contribution in [0.1, 0.15) is 12.1 Å². The smallest absolute Gasteiger partial charge is 0.353 e. The number of nitriles is 1. The normalized spacial score (nSPS) is 16.6. The number of anilines is 1. The van der Waals surface area contributed by atoms with Crippen molar-refractivity contribution in [3.05, 3.63) is 21.8 Å². The van der Waals surface area contributed by atoms with Crippen LogP contribution in [0.3, 0.4) is 0 Å². The highest BCUT2D eigenvalue weighted by molar-refractivity contribution is 6.36. The van der Waals surface area contributed by atoms with Crippen molar-refractivity contribution in [1.29, 1.82) is 5.26 Å². The van der Waals surface area contributed by atoms with E-state index in [-0.39, 0.29) is 10.8 Å². The van der Waals surface area contributed by atoms with Crippen molar-refractivity contribution < 1.29 is 13.2 Å². The van der Waals surface area contributed by atoms with Crippen LogP contribution in [-0.4, -0.2) is 42.6 Å². The maximum atomic E-state index is 12.9. The Morgan fingerprint density at radius 1 is 1.18 bits per heavy atom. The monoisotopic (exact) mass is 352 g/mol. The molecule has 2 heterocycles. The first-order chi connectivity index (χ1) is 10.3. The van der Waals surface area contributed by atoms with E-state index in [2.05, 4.69) is 16.0 Å². The fraction of sp³-hybridized carbons (Fsp3) is 0.538. The van der Waals surface area contributed by atoms with Gasteiger partial charge in [-0.2, -0.15) is 18.4 Å². The van der Waals surface area contributed by atoms with Crippen LogP contribution in [0.5, 0.6) is 0 Å². The molecule has 0 saturated carbocycles. The van der Waals surface area contributed by atoms with Crippen molar-refractivity contribution in [2.24, 2.45) is 0 Å². The third-order valence-electron chi connectivity index (χ3n) is 3.39. The molecule has 1 aliphatic heterocycles. The summed E-state index contributed by atoms with van der Waals surface area (Å²) in [6.07, 6.45) is -4.19. The fourth-order valence-electron chi connectivity index (χ4n) is 2.27. The Balaban J connectivity index is 2.15. The predicted molar refractivity (Wildman–Crippen MR) is 78.1 cm³/mol. The molecule has 0 spiro atoms. The molecule has 0 unspecified atom stereocenters. The van der Waals surface area contributed by atoms with Gasteiger partial charge in [-0.15, -0.1) is 0 Å². The Bertz CT molecular complexity index is 578. The zero-order valence-corrected chi connectivity index (χ0v) is 13.0. The van der Waals surface area contributed by atoms with E-state index in [1.54, 1.807) is 4.90 Å². The van der Waals surface area contributed by atoms with Gasteiger partial charge in [0.25, 0.3) is 0 Å². The molecule has 4 nitrogen and oxygen atoms in total. The third kappa shape index (κ3) is 3.94. The summed E-state index contributed by atoms with van der Waals surface area (Å²) in [5.74, 6) is 0.0957. The first kappa shape index (κ1) is 17.1. The lowest BCUT2D eigenvalue weighted by molar-refractivity contribution is -0.141. The van der Waals surface area contributed by atoms with Crippen LogP contribution >= 0.6 is 23.2 Å². The van der Waals surface area contributed by atoms with Crippen molar-refractivity contribution in [1.82, 2.24) is 9.88 Å². The summed E-state index contributed by atoms with van der Waals surface area (Å²) in [4.78, 5) is 7.40. The molecule has 0 aliphatic carbocycles. The molecule has 0 atom stereocenters. The number of hydrogen-bond donors (Lipinski definition) is 0. The number of nitrogens with zero attached hydrogens (tertiary/aromatic N) is 4. The zero-order chi connectivity index (χ0) is 16.3. The molecular weight excluding hydrogens is 340 g/mol. The number of halogens is 5. The van der Waals surface area contributed by atoms with E-state index in [4.69, 9.17) is 28.5 Å². The summed E-state index contributed by atoms with van der Waals surface area (Å²) < 4.78 is 38.6. The van der Waals surface area contributed by atoms with E-state index >= 15 is 0 Å². The summed E-state index contributed by atoms with van der Waals surface area (Å²) in [7, 11) is 0. The summed E-state index contributed by atoms with van der Waals surface area (Å²) in [5.41, 5.74) is -1.12. The molecule has 0 amide bonds. The average Bonchev–Trinajstić information content (AvgIpc) is 2.44. The van der Waals surface area contributed by atoms with Crippen LogP contribution in [0.15, 0.2) is 6.07 Å². The molecular formula is C13H13Cl2F3N4. The highest BCUT2D eigenvalue weighted by atomic mass is 35.5. The minimum atomic E-state index is -4.62. The number of aromatic nitrogens is 1. The number of alkyl halides is 3. The second kappa shape index (κ2) is 6.90. The Morgan fingerprint density at radius 3 is 2.36 bits per heavy atom. The van der Waals surface area contributed by atoms with Gasteiger partial charge in [0.2, 0.25) is 0 Å². The molecule has 0 radical (unpaired) electrons. The lowest BCUT2D eigenvalue weighted by Gasteiger charge is -2.35. The Hall–Kier alpha value is -1.23. The largest absolute Gasteiger partial charge is 0.434 e. The summed E-state index contributed by atoms with van der Waals surface area (Å²) >= 11 is 11.6. The van der Waals surface area contributed by atoms with Crippen LogP contribution in [0.2, 0.25) is 10.0 Å². The summed E-state index contributed by atoms with van der Waals surface area (Å²) in [5, 5.41) is 8.16. The topological polar surface area (TPSA) is 43.2 Å². The average molecular weight is 353 g/mol. The lowest BCUT2D eigenvalue weighted by Crippen LogP contribution is -2.47. The first-order valence-electron chi connectivity index (χ1n) is 6.60. The maximum Gasteiger partial charge on any atom is 0.434 e. The van der Waals surface area contributed by atoms with E-state index in [9.17, 15) is 13.2 Å². The van der Waals surface area contributed by atoms with Gasteiger partial charge < -0.3 is 4.90 Å². The quantitative estimate of drug-likeness (QED) is 0.835. The number of hydrogen-bond acceptors (Lipinski definition) is 4. The van der Waals surface area contributed by atoms with Gasteiger partial charge in [0.05, 0.1) is 16.1 Å². The van der Waals surface area contributed by atoms with E-state index in [1.807, 2.05) is 0 Å². The van der Waals surface area contributed by atoms with Crippen LogP contribution in [0.4, 0.5) is 19.0 Å². The second-order valence-electron chi connectivity index (χ2n) is 4.86. The molecule has 1 fully saturated rings. The molecule has 9 heteroatoms. The van der Waals surface area contributed by atoms with Gasteiger partial charge in [-0.1, -0.05) is 23.2 Å². The molecule has 1 aromatic heterocycles. The van der Waals surface area contributed by atoms with Crippen LogP contribution in [0, 0.1) is 11.3 Å². The number of rotatable bonds is 3. The molecule has 1 saturated heterocycles. The second-order valence-corrected chi connectivity index (χ2v) is 5.67. The van der Waals surface area contributed by atoms with Gasteiger partial charge in [-0.25, -0.2) is 4.98 Å². The Labute approximate surface area is 136 Å². The number of piperazine rings is 1. The van der Waals surface area contributed by atoms with Gasteiger partial charge in [0.15, 0.2) is 5.69 Å². The summed E-state index contributed by atoms with van der Waals surface area (Å²) in [6, 6.07) is 3.15. The molecule has 2 rings (SSSR count). The number of pyridine rings is 1. The van der Waals surface area contributed by atoms with E-state index in [0.29, 0.717) is 39.1 Å². The van der Waals surface area contributed by atoms with Gasteiger partial charge >= 0.3 is 6.18 Å². The lowest BCUT2D eigenvalue weighted by atomic mass is 10.2. The molecule has 22 heavy (non-hydrogen) atoms. The Kier molecular flexibility index (Phi) is 5.37. The minimum absolute atomic E-state index is 0.0957. The zero-order valence-electron chi connectivity index (χ0n) is 11.5. The van der Waals surface area contributed by atoms with Crippen molar-refractivity contribution in [2.45, 2.75) is 12.6 Å². The molecule has 0 N–H and O–H groups in total. The standard InChI is InChI=1S/C13H13Cl2F3N4/c14-9-8-10(15)12(20-11(9)13(16,17)18)22-6-4-21(5-7-22)3-1-2-19/h8H,1,3-7H2. The SMILES string of the molecule is N#CCCN1CCN(c2nc(C(F)(F)F)c(Cl)cc2Cl)CC1. The van der Waals surface area contributed by atoms with Gasteiger partial charge in [0, 0.05) is 39.1 Å². The van der Waals surface area contributed by atoms with E-state index < -0.39 is 16.9 Å². The molecule has 1 aromatic rings. The van der Waals surface area contributed by atoms with Crippen molar-refractivity contribution in [2.75, 3.05) is 37.6 Å². The van der Waals surface area contributed by atoms with E-state index in [0.717, 1.165) is 6.07 Å². The van der Waals surface area contributed by atoms with E-state index in [1.165, 1.54) is 0 Å². The fourth-order valence-corrected chi connectivity index (χ4v) is 2.85. The molecule has 1 aliphatic rings. The summed E-state index contributed by atoms with van der Waals surface area (Å²) in [6.45, 7) is 2.93.